The van der Waals surface area contributed by atoms with E-state index in [0.717, 1.165) is 0 Å². The molecule has 0 radical (unpaired) electrons. The second kappa shape index (κ2) is 6.28. The molecule has 0 atom stereocenters. The van der Waals surface area contributed by atoms with Crippen LogP contribution in [0.1, 0.15) is 10.4 Å². The Bertz CT molecular complexity index is 636. The maximum absolute atomic E-state index is 12.3. The molecule has 0 saturated heterocycles. The van der Waals surface area contributed by atoms with Crippen LogP contribution in [0.15, 0.2) is 45.3 Å². The van der Waals surface area contributed by atoms with Crippen LogP contribution in [0, 0.1) is 0 Å². The number of halogens is 2. The van der Waals surface area contributed by atoms with E-state index in [9.17, 15) is 4.79 Å². The number of para-hydroxylation sites is 1. The number of amides is 1. The molecule has 2 aromatic carbocycles. The average molecular weight is 400 g/mol. The van der Waals surface area contributed by atoms with Gasteiger partial charge in [0.25, 0.3) is 5.91 Å². The van der Waals surface area contributed by atoms with Crippen LogP contribution >= 0.6 is 31.9 Å². The van der Waals surface area contributed by atoms with Crippen molar-refractivity contribution in [2.45, 2.75) is 0 Å². The highest BCUT2D eigenvalue weighted by Gasteiger charge is 2.15. The number of nitrogens with two attached hydrogens (primary N) is 1. The number of nitrogen functional groups attached to an aromatic ring is 1. The molecule has 0 aliphatic heterocycles. The summed E-state index contributed by atoms with van der Waals surface area (Å²) in [5.41, 5.74) is 7.40. The van der Waals surface area contributed by atoms with Crippen molar-refractivity contribution >= 4 is 49.1 Å². The molecule has 2 rings (SSSR count). The van der Waals surface area contributed by atoms with Crippen LogP contribution < -0.4 is 15.8 Å². The molecular formula is C14H12Br2N2O2. The van der Waals surface area contributed by atoms with Crippen molar-refractivity contribution in [1.82, 2.24) is 0 Å². The topological polar surface area (TPSA) is 64.3 Å². The monoisotopic (exact) mass is 398 g/mol. The third kappa shape index (κ3) is 3.13. The van der Waals surface area contributed by atoms with Gasteiger partial charge in [-0.05, 0) is 56.1 Å². The molecule has 0 bridgehead atoms. The summed E-state index contributed by atoms with van der Waals surface area (Å²) in [7, 11) is 1.53. The van der Waals surface area contributed by atoms with Crippen LogP contribution in [0.2, 0.25) is 0 Å². The molecule has 0 spiro atoms. The molecule has 0 aromatic heterocycles. The van der Waals surface area contributed by atoms with Crippen LogP contribution in [0.4, 0.5) is 11.4 Å². The number of rotatable bonds is 3. The summed E-state index contributed by atoms with van der Waals surface area (Å²) in [6.45, 7) is 0. The molecule has 0 unspecified atom stereocenters. The maximum Gasteiger partial charge on any atom is 0.259 e. The fraction of sp³-hybridized carbons (Fsp3) is 0.0714. The number of carbonyl (C=O) groups excluding carboxylic acids is 1. The summed E-state index contributed by atoms with van der Waals surface area (Å²) in [6, 6.07) is 10.5. The minimum Gasteiger partial charge on any atom is -0.496 e. The highest BCUT2D eigenvalue weighted by Crippen LogP contribution is 2.34. The van der Waals surface area contributed by atoms with Gasteiger partial charge in [-0.15, -0.1) is 0 Å². The van der Waals surface area contributed by atoms with Gasteiger partial charge < -0.3 is 15.8 Å². The van der Waals surface area contributed by atoms with Gasteiger partial charge in [0.1, 0.15) is 5.75 Å². The van der Waals surface area contributed by atoms with E-state index in [4.69, 9.17) is 10.5 Å². The lowest BCUT2D eigenvalue weighted by molar-refractivity contribution is 0.102. The predicted octanol–water partition coefficient (Wildman–Crippen LogP) is 4.05. The Morgan fingerprint density at radius 2 is 1.80 bits per heavy atom. The zero-order valence-electron chi connectivity index (χ0n) is 10.6. The van der Waals surface area contributed by atoms with Crippen molar-refractivity contribution in [3.05, 3.63) is 50.9 Å². The van der Waals surface area contributed by atoms with Crippen molar-refractivity contribution < 1.29 is 9.53 Å². The van der Waals surface area contributed by atoms with Crippen molar-refractivity contribution in [2.24, 2.45) is 0 Å². The predicted molar refractivity (Wildman–Crippen MR) is 87.2 cm³/mol. The molecule has 2 aromatic rings. The summed E-state index contributed by atoms with van der Waals surface area (Å²) in [5.74, 6) is 0.265. The highest BCUT2D eigenvalue weighted by atomic mass is 79.9. The summed E-state index contributed by atoms with van der Waals surface area (Å²) in [6.07, 6.45) is 0. The first-order chi connectivity index (χ1) is 9.52. The molecule has 0 aliphatic carbocycles. The number of carbonyl (C=O) groups is 1. The Hall–Kier alpha value is -1.53. The van der Waals surface area contributed by atoms with Gasteiger partial charge in [-0.25, -0.2) is 0 Å². The minimum absolute atomic E-state index is 0.256. The van der Waals surface area contributed by atoms with Gasteiger partial charge in [0.05, 0.1) is 18.4 Å². The Kier molecular flexibility index (Phi) is 4.67. The van der Waals surface area contributed by atoms with Crippen molar-refractivity contribution in [3.63, 3.8) is 0 Å². The molecule has 0 fully saturated rings. The van der Waals surface area contributed by atoms with E-state index in [-0.39, 0.29) is 5.91 Å². The lowest BCUT2D eigenvalue weighted by Crippen LogP contribution is -2.14. The van der Waals surface area contributed by atoms with E-state index < -0.39 is 0 Å². The summed E-state index contributed by atoms with van der Waals surface area (Å²) in [5, 5.41) is 2.83. The van der Waals surface area contributed by atoms with Crippen LogP contribution in [0.3, 0.4) is 0 Å². The third-order valence-electron chi connectivity index (χ3n) is 2.65. The molecule has 104 valence electrons. The summed E-state index contributed by atoms with van der Waals surface area (Å²) in [4.78, 5) is 12.3. The normalized spacial score (nSPS) is 10.2. The Balaban J connectivity index is 2.33. The van der Waals surface area contributed by atoms with E-state index in [2.05, 4.69) is 37.2 Å². The van der Waals surface area contributed by atoms with Crippen molar-refractivity contribution in [3.8, 4) is 5.75 Å². The van der Waals surface area contributed by atoms with E-state index >= 15 is 0 Å². The fourth-order valence-corrected chi connectivity index (χ4v) is 3.15. The summed E-state index contributed by atoms with van der Waals surface area (Å²) < 4.78 is 6.58. The quantitative estimate of drug-likeness (QED) is 0.765. The molecule has 6 heteroatoms. The third-order valence-corrected chi connectivity index (χ3v) is 3.91. The lowest BCUT2D eigenvalue weighted by Gasteiger charge is -2.12. The molecule has 3 N–H and O–H groups in total. The highest BCUT2D eigenvalue weighted by molar-refractivity contribution is 9.11. The van der Waals surface area contributed by atoms with Gasteiger partial charge in [-0.1, -0.05) is 12.1 Å². The Morgan fingerprint density at radius 3 is 2.40 bits per heavy atom. The number of ether oxygens (including phenoxy) is 1. The summed E-state index contributed by atoms with van der Waals surface area (Å²) >= 11 is 6.76. The average Bonchev–Trinajstić information content (AvgIpc) is 2.42. The zero-order valence-corrected chi connectivity index (χ0v) is 13.8. The first-order valence-corrected chi connectivity index (χ1v) is 7.30. The fourth-order valence-electron chi connectivity index (χ4n) is 1.73. The number of hydrogen-bond acceptors (Lipinski definition) is 3. The van der Waals surface area contributed by atoms with Crippen LogP contribution in [-0.4, -0.2) is 13.0 Å². The van der Waals surface area contributed by atoms with Crippen LogP contribution in [-0.2, 0) is 0 Å². The molecule has 0 heterocycles. The van der Waals surface area contributed by atoms with E-state index in [1.165, 1.54) is 7.11 Å². The van der Waals surface area contributed by atoms with Crippen LogP contribution in [0.5, 0.6) is 5.75 Å². The van der Waals surface area contributed by atoms with Gasteiger partial charge in [0, 0.05) is 14.6 Å². The van der Waals surface area contributed by atoms with Gasteiger partial charge in [0.15, 0.2) is 0 Å². The SMILES string of the molecule is COc1ccccc1C(=O)Nc1c(Br)cc(N)cc1Br. The Morgan fingerprint density at radius 1 is 1.20 bits per heavy atom. The number of anilines is 2. The second-order valence-electron chi connectivity index (χ2n) is 4.01. The van der Waals surface area contributed by atoms with Crippen molar-refractivity contribution in [2.75, 3.05) is 18.2 Å². The smallest absolute Gasteiger partial charge is 0.259 e. The van der Waals surface area contributed by atoms with Gasteiger partial charge in [-0.3, -0.25) is 4.79 Å². The molecular weight excluding hydrogens is 388 g/mol. The standard InChI is InChI=1S/C14H12Br2N2O2/c1-20-12-5-3-2-4-9(12)14(19)18-13-10(15)6-8(17)7-11(13)16/h2-7H,17H2,1H3,(H,18,19). The first kappa shape index (κ1) is 14.9. The minimum atomic E-state index is -0.256. The number of benzene rings is 2. The number of hydrogen-bond donors (Lipinski definition) is 2. The van der Waals surface area contributed by atoms with Gasteiger partial charge >= 0.3 is 0 Å². The van der Waals surface area contributed by atoms with Gasteiger partial charge in [-0.2, -0.15) is 0 Å². The molecule has 0 saturated carbocycles. The van der Waals surface area contributed by atoms with Crippen molar-refractivity contribution in [1.29, 1.82) is 0 Å². The number of methoxy groups -OCH3 is 1. The molecule has 4 nitrogen and oxygen atoms in total. The molecule has 0 aliphatic rings. The second-order valence-corrected chi connectivity index (χ2v) is 5.72. The largest absolute Gasteiger partial charge is 0.496 e. The van der Waals surface area contributed by atoms with Gasteiger partial charge in [0.2, 0.25) is 0 Å². The molecule has 20 heavy (non-hydrogen) atoms. The van der Waals surface area contributed by atoms with E-state index in [0.29, 0.717) is 31.6 Å². The van der Waals surface area contributed by atoms with E-state index in [1.54, 1.807) is 30.3 Å². The molecule has 1 amide bonds. The zero-order chi connectivity index (χ0) is 14.7. The number of nitrogens with one attached hydrogen (secondary N) is 1. The Labute approximate surface area is 133 Å². The lowest BCUT2D eigenvalue weighted by atomic mass is 10.2. The maximum atomic E-state index is 12.3. The van der Waals surface area contributed by atoms with E-state index in [1.807, 2.05) is 6.07 Å². The first-order valence-electron chi connectivity index (χ1n) is 5.72. The van der Waals surface area contributed by atoms with Crippen LogP contribution in [0.25, 0.3) is 0 Å².